The quantitative estimate of drug-likeness (QED) is 0.831. The zero-order chi connectivity index (χ0) is 15.4. The van der Waals surface area contributed by atoms with Gasteiger partial charge in [-0.15, -0.1) is 0 Å². The molecule has 4 nitrogen and oxygen atoms in total. The molecule has 6 heteroatoms. The number of anilines is 1. The third-order valence-corrected chi connectivity index (χ3v) is 3.42. The normalized spacial score (nSPS) is 10.2. The predicted molar refractivity (Wildman–Crippen MR) is 83.2 cm³/mol. The Balaban J connectivity index is 2.20. The van der Waals surface area contributed by atoms with Crippen LogP contribution in [0.15, 0.2) is 36.4 Å². The molecule has 0 fully saturated rings. The third-order valence-electron chi connectivity index (χ3n) is 2.88. The second-order valence-corrected chi connectivity index (χ2v) is 5.16. The SMILES string of the molecule is COC(=O)c1ccc(Cl)cc1NCc1ccc(O)c(Cl)c1. The Morgan fingerprint density at radius 1 is 1.24 bits per heavy atom. The summed E-state index contributed by atoms with van der Waals surface area (Å²) in [5.74, 6) is -0.420. The van der Waals surface area contributed by atoms with Crippen LogP contribution in [0, 0.1) is 0 Å². The largest absolute Gasteiger partial charge is 0.506 e. The van der Waals surface area contributed by atoms with Crippen molar-refractivity contribution in [3.8, 4) is 5.75 Å². The fraction of sp³-hybridized carbons (Fsp3) is 0.133. The van der Waals surface area contributed by atoms with Gasteiger partial charge in [0.25, 0.3) is 0 Å². The molecule has 2 N–H and O–H groups in total. The van der Waals surface area contributed by atoms with Crippen LogP contribution in [0.2, 0.25) is 10.0 Å². The van der Waals surface area contributed by atoms with E-state index in [-0.39, 0.29) is 10.8 Å². The molecule has 0 aliphatic carbocycles. The van der Waals surface area contributed by atoms with Crippen molar-refractivity contribution in [1.29, 1.82) is 0 Å². The monoisotopic (exact) mass is 325 g/mol. The number of hydrogen-bond donors (Lipinski definition) is 2. The van der Waals surface area contributed by atoms with E-state index in [0.717, 1.165) is 5.56 Å². The highest BCUT2D eigenvalue weighted by molar-refractivity contribution is 6.32. The van der Waals surface area contributed by atoms with Crippen LogP contribution in [0.25, 0.3) is 0 Å². The van der Waals surface area contributed by atoms with Crippen molar-refractivity contribution < 1.29 is 14.6 Å². The fourth-order valence-corrected chi connectivity index (χ4v) is 2.18. The first-order valence-electron chi connectivity index (χ1n) is 6.10. The number of methoxy groups -OCH3 is 1. The van der Waals surface area contributed by atoms with E-state index in [0.29, 0.717) is 22.8 Å². The van der Waals surface area contributed by atoms with Crippen molar-refractivity contribution >= 4 is 34.9 Å². The van der Waals surface area contributed by atoms with Crippen LogP contribution in [0.1, 0.15) is 15.9 Å². The highest BCUT2D eigenvalue weighted by Gasteiger charge is 2.12. The summed E-state index contributed by atoms with van der Waals surface area (Å²) < 4.78 is 4.73. The molecule has 2 rings (SSSR count). The van der Waals surface area contributed by atoms with E-state index in [2.05, 4.69) is 5.32 Å². The summed E-state index contributed by atoms with van der Waals surface area (Å²) >= 11 is 11.8. The maximum absolute atomic E-state index is 11.7. The van der Waals surface area contributed by atoms with E-state index in [1.165, 1.54) is 13.2 Å². The number of halogens is 2. The molecule has 0 heterocycles. The number of ether oxygens (including phenoxy) is 1. The van der Waals surface area contributed by atoms with Crippen molar-refractivity contribution in [3.63, 3.8) is 0 Å². The minimum atomic E-state index is -0.446. The summed E-state index contributed by atoms with van der Waals surface area (Å²) in [6, 6.07) is 9.76. The van der Waals surface area contributed by atoms with Crippen LogP contribution >= 0.6 is 23.2 Å². The Labute approximate surface area is 132 Å². The number of rotatable bonds is 4. The molecule has 110 valence electrons. The standard InChI is InChI=1S/C15H13Cl2NO3/c1-21-15(20)11-4-3-10(16)7-13(11)18-8-9-2-5-14(19)12(17)6-9/h2-7,18-19H,8H2,1H3. The fourth-order valence-electron chi connectivity index (χ4n) is 1.81. The van der Waals surface area contributed by atoms with Gasteiger partial charge in [-0.2, -0.15) is 0 Å². The van der Waals surface area contributed by atoms with Crippen LogP contribution in [0.4, 0.5) is 5.69 Å². The molecule has 21 heavy (non-hydrogen) atoms. The van der Waals surface area contributed by atoms with Gasteiger partial charge < -0.3 is 15.2 Å². The summed E-state index contributed by atoms with van der Waals surface area (Å²) in [5.41, 5.74) is 1.82. The van der Waals surface area contributed by atoms with E-state index < -0.39 is 5.97 Å². The second kappa shape index (κ2) is 6.70. The van der Waals surface area contributed by atoms with Gasteiger partial charge in [-0.1, -0.05) is 29.3 Å². The molecule has 0 aliphatic rings. The third kappa shape index (κ3) is 3.80. The molecule has 0 unspecified atom stereocenters. The Bertz CT molecular complexity index is 674. The molecule has 0 aromatic heterocycles. The number of aromatic hydroxyl groups is 1. The van der Waals surface area contributed by atoms with Gasteiger partial charge in [0, 0.05) is 11.6 Å². The highest BCUT2D eigenvalue weighted by atomic mass is 35.5. The number of phenols is 1. The number of nitrogens with one attached hydrogen (secondary N) is 1. The minimum absolute atomic E-state index is 0.0263. The van der Waals surface area contributed by atoms with Gasteiger partial charge in [0.15, 0.2) is 0 Å². The predicted octanol–water partition coefficient (Wildman–Crippen LogP) is 4.10. The van der Waals surface area contributed by atoms with Crippen LogP contribution in [0.3, 0.4) is 0 Å². The average Bonchev–Trinajstić information content (AvgIpc) is 2.48. The number of carbonyl (C=O) groups excluding carboxylic acids is 1. The maximum Gasteiger partial charge on any atom is 0.339 e. The zero-order valence-electron chi connectivity index (χ0n) is 11.2. The lowest BCUT2D eigenvalue weighted by molar-refractivity contribution is 0.0602. The topological polar surface area (TPSA) is 58.6 Å². The number of hydrogen-bond acceptors (Lipinski definition) is 4. The van der Waals surface area contributed by atoms with Crippen molar-refractivity contribution in [2.75, 3.05) is 12.4 Å². The molecule has 0 amide bonds. The van der Waals surface area contributed by atoms with Crippen molar-refractivity contribution in [2.45, 2.75) is 6.54 Å². The van der Waals surface area contributed by atoms with E-state index in [1.54, 1.807) is 30.3 Å². The highest BCUT2D eigenvalue weighted by Crippen LogP contribution is 2.26. The molecule has 0 atom stereocenters. The first-order valence-corrected chi connectivity index (χ1v) is 6.86. The van der Waals surface area contributed by atoms with Gasteiger partial charge in [-0.25, -0.2) is 4.79 Å². The van der Waals surface area contributed by atoms with Crippen LogP contribution in [0.5, 0.6) is 5.75 Å². The Morgan fingerprint density at radius 2 is 2.00 bits per heavy atom. The molecule has 0 aliphatic heterocycles. The van der Waals surface area contributed by atoms with E-state index in [4.69, 9.17) is 27.9 Å². The second-order valence-electron chi connectivity index (χ2n) is 4.32. The Hall–Kier alpha value is -1.91. The van der Waals surface area contributed by atoms with E-state index in [1.807, 2.05) is 0 Å². The summed E-state index contributed by atoms with van der Waals surface area (Å²) in [4.78, 5) is 11.7. The minimum Gasteiger partial charge on any atom is -0.506 e. The molecule has 0 bridgehead atoms. The first kappa shape index (κ1) is 15.5. The molecule has 0 saturated carbocycles. The lowest BCUT2D eigenvalue weighted by atomic mass is 10.1. The van der Waals surface area contributed by atoms with E-state index >= 15 is 0 Å². The van der Waals surface area contributed by atoms with Gasteiger partial charge in [-0.3, -0.25) is 0 Å². The molecular formula is C15H13Cl2NO3. The van der Waals surface area contributed by atoms with Gasteiger partial charge in [0.1, 0.15) is 5.75 Å². The van der Waals surface area contributed by atoms with Crippen molar-refractivity contribution in [2.24, 2.45) is 0 Å². The van der Waals surface area contributed by atoms with Gasteiger partial charge in [0.2, 0.25) is 0 Å². The van der Waals surface area contributed by atoms with Gasteiger partial charge in [0.05, 0.1) is 23.4 Å². The van der Waals surface area contributed by atoms with Gasteiger partial charge >= 0.3 is 5.97 Å². The zero-order valence-corrected chi connectivity index (χ0v) is 12.7. The molecule has 2 aromatic carbocycles. The maximum atomic E-state index is 11.7. The number of esters is 1. The molecule has 0 radical (unpaired) electrons. The number of benzene rings is 2. The molecular weight excluding hydrogens is 313 g/mol. The van der Waals surface area contributed by atoms with Crippen LogP contribution < -0.4 is 5.32 Å². The van der Waals surface area contributed by atoms with Gasteiger partial charge in [-0.05, 0) is 35.9 Å². The smallest absolute Gasteiger partial charge is 0.339 e. The number of phenolic OH excluding ortho intramolecular Hbond substituents is 1. The van der Waals surface area contributed by atoms with E-state index in [9.17, 15) is 9.90 Å². The summed E-state index contributed by atoms with van der Waals surface area (Å²) in [5, 5.41) is 13.3. The van der Waals surface area contributed by atoms with Crippen LogP contribution in [-0.2, 0) is 11.3 Å². The number of carbonyl (C=O) groups is 1. The molecule has 2 aromatic rings. The molecule has 0 saturated heterocycles. The summed E-state index contributed by atoms with van der Waals surface area (Å²) in [7, 11) is 1.32. The Kier molecular flexibility index (Phi) is 4.94. The summed E-state index contributed by atoms with van der Waals surface area (Å²) in [6.07, 6.45) is 0. The summed E-state index contributed by atoms with van der Waals surface area (Å²) in [6.45, 7) is 0.421. The van der Waals surface area contributed by atoms with Crippen molar-refractivity contribution in [1.82, 2.24) is 0 Å². The average molecular weight is 326 g/mol. The lowest BCUT2D eigenvalue weighted by Crippen LogP contribution is -2.08. The Morgan fingerprint density at radius 3 is 2.67 bits per heavy atom. The molecule has 0 spiro atoms. The first-order chi connectivity index (χ1) is 10.0. The lowest BCUT2D eigenvalue weighted by Gasteiger charge is -2.12. The van der Waals surface area contributed by atoms with Crippen molar-refractivity contribution in [3.05, 3.63) is 57.6 Å². The van der Waals surface area contributed by atoms with Crippen LogP contribution in [-0.4, -0.2) is 18.2 Å².